The fourth-order valence-electron chi connectivity index (χ4n) is 4.26. The smallest absolute Gasteiger partial charge is 0.256 e. The summed E-state index contributed by atoms with van der Waals surface area (Å²) in [6.45, 7) is 0.316. The molecule has 168 valence electrons. The SMILES string of the molecule is COCC(=O)N[C@H]1CCN2C(=O)c3cc(-c4cc(Cl)ccc4OC)ccc3NC(=O)[C@@H]2C1. The summed E-state index contributed by atoms with van der Waals surface area (Å²) >= 11 is 6.18. The molecule has 2 N–H and O–H groups in total. The first-order valence-electron chi connectivity index (χ1n) is 10.3. The second-order valence-electron chi connectivity index (χ2n) is 7.83. The van der Waals surface area contributed by atoms with E-state index in [0.29, 0.717) is 41.4 Å². The summed E-state index contributed by atoms with van der Waals surface area (Å²) in [6, 6.07) is 9.70. The average molecular weight is 458 g/mol. The predicted octanol–water partition coefficient (Wildman–Crippen LogP) is 2.70. The molecule has 0 aliphatic carbocycles. The molecule has 2 heterocycles. The third-order valence-corrected chi connectivity index (χ3v) is 6.02. The number of fused-ring (bicyclic) bond motifs is 2. The molecular formula is C23H24ClN3O5. The Bertz CT molecular complexity index is 1070. The number of benzene rings is 2. The van der Waals surface area contributed by atoms with E-state index in [1.54, 1.807) is 42.3 Å². The van der Waals surface area contributed by atoms with Gasteiger partial charge >= 0.3 is 0 Å². The van der Waals surface area contributed by atoms with Crippen LogP contribution in [0.15, 0.2) is 36.4 Å². The van der Waals surface area contributed by atoms with E-state index >= 15 is 0 Å². The van der Waals surface area contributed by atoms with Gasteiger partial charge in [0.25, 0.3) is 5.91 Å². The number of piperidine rings is 1. The summed E-state index contributed by atoms with van der Waals surface area (Å²) in [7, 11) is 3.02. The number of hydrogen-bond acceptors (Lipinski definition) is 5. The minimum Gasteiger partial charge on any atom is -0.496 e. The highest BCUT2D eigenvalue weighted by molar-refractivity contribution is 6.31. The quantitative estimate of drug-likeness (QED) is 0.719. The number of nitrogens with one attached hydrogen (secondary N) is 2. The van der Waals surface area contributed by atoms with E-state index in [1.807, 2.05) is 6.07 Å². The number of amides is 3. The number of rotatable bonds is 5. The van der Waals surface area contributed by atoms with E-state index in [2.05, 4.69) is 10.6 Å². The van der Waals surface area contributed by atoms with Crippen LogP contribution in [0.5, 0.6) is 5.75 Å². The number of halogens is 1. The molecule has 2 atom stereocenters. The molecule has 4 rings (SSSR count). The highest BCUT2D eigenvalue weighted by atomic mass is 35.5. The number of carbonyl (C=O) groups excluding carboxylic acids is 3. The topological polar surface area (TPSA) is 97.0 Å². The van der Waals surface area contributed by atoms with Crippen LogP contribution in [-0.2, 0) is 14.3 Å². The molecule has 1 saturated heterocycles. The monoisotopic (exact) mass is 457 g/mol. The van der Waals surface area contributed by atoms with Gasteiger partial charge in [-0.25, -0.2) is 0 Å². The molecule has 1 fully saturated rings. The lowest BCUT2D eigenvalue weighted by atomic mass is 9.95. The second-order valence-corrected chi connectivity index (χ2v) is 8.27. The lowest BCUT2D eigenvalue weighted by Crippen LogP contribution is -2.55. The standard InChI is InChI=1S/C23H24ClN3O5/c1-31-12-21(28)25-15-7-8-27-19(11-15)22(29)26-18-5-3-13(9-17(18)23(27)30)16-10-14(24)4-6-20(16)32-2/h3-6,9-10,15,19H,7-8,11-12H2,1-2H3,(H,25,28)(H,26,29)/t15-,19-/m0/s1. The van der Waals surface area contributed by atoms with Gasteiger partial charge in [-0.3, -0.25) is 14.4 Å². The van der Waals surface area contributed by atoms with Crippen molar-refractivity contribution in [1.29, 1.82) is 0 Å². The van der Waals surface area contributed by atoms with Crippen molar-refractivity contribution in [3.63, 3.8) is 0 Å². The zero-order chi connectivity index (χ0) is 22.8. The number of ether oxygens (including phenoxy) is 2. The predicted molar refractivity (Wildman–Crippen MR) is 120 cm³/mol. The zero-order valence-electron chi connectivity index (χ0n) is 17.8. The molecule has 0 saturated carbocycles. The Morgan fingerprint density at radius 1 is 1.19 bits per heavy atom. The van der Waals surface area contributed by atoms with Gasteiger partial charge in [0.2, 0.25) is 11.8 Å². The van der Waals surface area contributed by atoms with Crippen LogP contribution >= 0.6 is 11.6 Å². The summed E-state index contributed by atoms with van der Waals surface area (Å²) in [6.07, 6.45) is 0.901. The van der Waals surface area contributed by atoms with Crippen LogP contribution < -0.4 is 15.4 Å². The highest BCUT2D eigenvalue weighted by Gasteiger charge is 2.40. The van der Waals surface area contributed by atoms with Crippen LogP contribution in [0, 0.1) is 0 Å². The molecule has 3 amide bonds. The number of methoxy groups -OCH3 is 2. The maximum atomic E-state index is 13.4. The lowest BCUT2D eigenvalue weighted by Gasteiger charge is -2.37. The van der Waals surface area contributed by atoms with Gasteiger partial charge in [-0.15, -0.1) is 0 Å². The van der Waals surface area contributed by atoms with E-state index in [1.165, 1.54) is 7.11 Å². The Morgan fingerprint density at radius 2 is 2.00 bits per heavy atom. The molecule has 2 aromatic rings. The molecule has 0 bridgehead atoms. The number of nitrogens with zero attached hydrogens (tertiary/aromatic N) is 1. The van der Waals surface area contributed by atoms with Crippen LogP contribution in [0.3, 0.4) is 0 Å². The molecule has 32 heavy (non-hydrogen) atoms. The van der Waals surface area contributed by atoms with E-state index in [-0.39, 0.29) is 30.4 Å². The Kier molecular flexibility index (Phi) is 6.34. The van der Waals surface area contributed by atoms with Crippen LogP contribution in [0.4, 0.5) is 5.69 Å². The third-order valence-electron chi connectivity index (χ3n) is 5.79. The van der Waals surface area contributed by atoms with E-state index in [4.69, 9.17) is 21.1 Å². The minimum atomic E-state index is -0.666. The van der Waals surface area contributed by atoms with Gasteiger partial charge in [0.05, 0.1) is 18.4 Å². The molecule has 2 aliphatic rings. The van der Waals surface area contributed by atoms with Gasteiger partial charge in [0.15, 0.2) is 0 Å². The lowest BCUT2D eigenvalue weighted by molar-refractivity contribution is -0.127. The number of anilines is 1. The second kappa shape index (κ2) is 9.18. The summed E-state index contributed by atoms with van der Waals surface area (Å²) in [4.78, 5) is 39.8. The molecule has 0 spiro atoms. The summed E-state index contributed by atoms with van der Waals surface area (Å²) in [5.74, 6) is -0.108. The zero-order valence-corrected chi connectivity index (χ0v) is 18.6. The molecule has 2 aliphatic heterocycles. The third kappa shape index (κ3) is 4.28. The molecule has 9 heteroatoms. The van der Waals surface area contributed by atoms with Crippen molar-refractivity contribution in [2.45, 2.75) is 24.9 Å². The fraction of sp³-hybridized carbons (Fsp3) is 0.348. The van der Waals surface area contributed by atoms with Gasteiger partial charge in [-0.05, 0) is 48.7 Å². The van der Waals surface area contributed by atoms with Crippen LogP contribution in [-0.4, -0.2) is 62.1 Å². The fourth-order valence-corrected chi connectivity index (χ4v) is 4.43. The van der Waals surface area contributed by atoms with E-state index in [9.17, 15) is 14.4 Å². The van der Waals surface area contributed by atoms with Crippen molar-refractivity contribution >= 4 is 35.0 Å². The Labute approximate surface area is 190 Å². The van der Waals surface area contributed by atoms with Crippen molar-refractivity contribution in [1.82, 2.24) is 10.2 Å². The van der Waals surface area contributed by atoms with E-state index < -0.39 is 6.04 Å². The van der Waals surface area contributed by atoms with Crippen LogP contribution in [0.2, 0.25) is 5.02 Å². The molecule has 8 nitrogen and oxygen atoms in total. The van der Waals surface area contributed by atoms with Crippen molar-refractivity contribution in [3.05, 3.63) is 47.0 Å². The average Bonchev–Trinajstić information content (AvgIpc) is 2.88. The minimum absolute atomic E-state index is 0.0445. The summed E-state index contributed by atoms with van der Waals surface area (Å²) in [5.41, 5.74) is 2.37. The van der Waals surface area contributed by atoms with Gasteiger partial charge in [0, 0.05) is 30.3 Å². The highest BCUT2D eigenvalue weighted by Crippen LogP contribution is 2.36. The van der Waals surface area contributed by atoms with Gasteiger partial charge < -0.3 is 25.0 Å². The molecule has 0 radical (unpaired) electrons. The number of carbonyl (C=O) groups is 3. The Hall–Kier alpha value is -3.10. The van der Waals surface area contributed by atoms with Gasteiger partial charge in [-0.2, -0.15) is 0 Å². The van der Waals surface area contributed by atoms with Crippen molar-refractivity contribution in [3.8, 4) is 16.9 Å². The van der Waals surface area contributed by atoms with Gasteiger partial charge in [-0.1, -0.05) is 17.7 Å². The van der Waals surface area contributed by atoms with Crippen LogP contribution in [0.25, 0.3) is 11.1 Å². The number of hydrogen-bond donors (Lipinski definition) is 2. The molecule has 0 aromatic heterocycles. The van der Waals surface area contributed by atoms with Crippen molar-refractivity contribution < 1.29 is 23.9 Å². The van der Waals surface area contributed by atoms with Crippen molar-refractivity contribution in [2.24, 2.45) is 0 Å². The van der Waals surface area contributed by atoms with Crippen molar-refractivity contribution in [2.75, 3.05) is 32.7 Å². The van der Waals surface area contributed by atoms with E-state index in [0.717, 1.165) is 11.1 Å². The Balaban J connectivity index is 1.63. The Morgan fingerprint density at radius 3 is 2.75 bits per heavy atom. The first-order chi connectivity index (χ1) is 15.4. The molecule has 0 unspecified atom stereocenters. The first-order valence-corrected chi connectivity index (χ1v) is 10.7. The van der Waals surface area contributed by atoms with Gasteiger partial charge in [0.1, 0.15) is 18.4 Å². The largest absolute Gasteiger partial charge is 0.496 e. The summed E-state index contributed by atoms with van der Waals surface area (Å²) < 4.78 is 10.3. The molecular weight excluding hydrogens is 434 g/mol. The first kappa shape index (κ1) is 22.1. The molecule has 2 aromatic carbocycles. The summed E-state index contributed by atoms with van der Waals surface area (Å²) in [5, 5.41) is 6.29. The van der Waals surface area contributed by atoms with Crippen LogP contribution in [0.1, 0.15) is 23.2 Å². The normalized spacial score (nSPS) is 20.0. The maximum absolute atomic E-state index is 13.4. The maximum Gasteiger partial charge on any atom is 0.256 e.